The van der Waals surface area contributed by atoms with Crippen LogP contribution in [0.15, 0.2) is 24.3 Å². The molecule has 0 atom stereocenters. The second-order valence-corrected chi connectivity index (χ2v) is 4.55. The molecule has 1 aromatic carbocycles. The van der Waals surface area contributed by atoms with Crippen LogP contribution in [0.4, 0.5) is 0 Å². The Bertz CT molecular complexity index is 288. The fourth-order valence-electron chi connectivity index (χ4n) is 1.57. The number of halogens is 1. The van der Waals surface area contributed by atoms with Gasteiger partial charge in [-0.3, -0.25) is 0 Å². The van der Waals surface area contributed by atoms with Crippen molar-refractivity contribution in [3.05, 3.63) is 35.4 Å². The molecule has 0 spiro atoms. The summed E-state index contributed by atoms with van der Waals surface area (Å²) >= 11 is 0. The van der Waals surface area contributed by atoms with Crippen LogP contribution in [0.2, 0.25) is 0 Å². The lowest BCUT2D eigenvalue weighted by Crippen LogP contribution is -3.00. The minimum Gasteiger partial charge on any atom is -1.00 e. The topological polar surface area (TPSA) is 12.0 Å². The SMILES string of the molecule is CC(C)c1ccc(CNC2CC2)cc1.[Cl-]. The Morgan fingerprint density at radius 1 is 1.20 bits per heavy atom. The fraction of sp³-hybridized carbons (Fsp3) is 0.538. The zero-order chi connectivity index (χ0) is 9.97. The molecule has 0 heterocycles. The molecule has 1 saturated carbocycles. The average Bonchev–Trinajstić information content (AvgIpc) is 2.99. The number of hydrogen-bond acceptors (Lipinski definition) is 1. The first-order valence-electron chi connectivity index (χ1n) is 5.58. The third-order valence-electron chi connectivity index (χ3n) is 2.82. The predicted molar refractivity (Wildman–Crippen MR) is 60.4 cm³/mol. The van der Waals surface area contributed by atoms with E-state index < -0.39 is 0 Å². The summed E-state index contributed by atoms with van der Waals surface area (Å²) in [6.45, 7) is 5.50. The van der Waals surface area contributed by atoms with E-state index in [0.29, 0.717) is 5.92 Å². The van der Waals surface area contributed by atoms with Crippen LogP contribution in [0, 0.1) is 0 Å². The predicted octanol–water partition coefficient (Wildman–Crippen LogP) is 0.0660. The van der Waals surface area contributed by atoms with Gasteiger partial charge in [-0.1, -0.05) is 38.1 Å². The summed E-state index contributed by atoms with van der Waals surface area (Å²) < 4.78 is 0. The molecule has 1 aliphatic rings. The summed E-state index contributed by atoms with van der Waals surface area (Å²) in [5.41, 5.74) is 2.83. The van der Waals surface area contributed by atoms with Crippen molar-refractivity contribution in [2.45, 2.75) is 45.2 Å². The van der Waals surface area contributed by atoms with Crippen molar-refractivity contribution in [1.82, 2.24) is 5.32 Å². The minimum atomic E-state index is 0. The molecule has 1 nitrogen and oxygen atoms in total. The first kappa shape index (κ1) is 12.5. The van der Waals surface area contributed by atoms with Gasteiger partial charge in [-0.25, -0.2) is 0 Å². The van der Waals surface area contributed by atoms with Gasteiger partial charge in [0.1, 0.15) is 0 Å². The van der Waals surface area contributed by atoms with Gasteiger partial charge in [0.05, 0.1) is 0 Å². The Morgan fingerprint density at radius 2 is 1.80 bits per heavy atom. The van der Waals surface area contributed by atoms with Gasteiger partial charge >= 0.3 is 0 Å². The molecule has 0 radical (unpaired) electrons. The van der Waals surface area contributed by atoms with Gasteiger partial charge in [-0.05, 0) is 29.9 Å². The largest absolute Gasteiger partial charge is 1.00 e. The molecule has 1 aromatic rings. The second kappa shape index (κ2) is 5.53. The summed E-state index contributed by atoms with van der Waals surface area (Å²) in [5, 5.41) is 3.52. The van der Waals surface area contributed by atoms with Crippen molar-refractivity contribution in [2.24, 2.45) is 0 Å². The lowest BCUT2D eigenvalue weighted by atomic mass is 10.0. The monoisotopic (exact) mass is 224 g/mol. The molecule has 0 saturated heterocycles. The maximum atomic E-state index is 3.52. The molecule has 0 unspecified atom stereocenters. The van der Waals surface area contributed by atoms with Crippen molar-refractivity contribution in [2.75, 3.05) is 0 Å². The molecule has 15 heavy (non-hydrogen) atoms. The quantitative estimate of drug-likeness (QED) is 0.763. The van der Waals surface area contributed by atoms with Gasteiger partial charge in [0.2, 0.25) is 0 Å². The van der Waals surface area contributed by atoms with E-state index in [0.717, 1.165) is 12.6 Å². The summed E-state index contributed by atoms with van der Waals surface area (Å²) in [5.74, 6) is 0.639. The Kier molecular flexibility index (Phi) is 4.62. The fourth-order valence-corrected chi connectivity index (χ4v) is 1.57. The van der Waals surface area contributed by atoms with Crippen molar-refractivity contribution < 1.29 is 12.4 Å². The minimum absolute atomic E-state index is 0. The summed E-state index contributed by atoms with van der Waals surface area (Å²) in [6.07, 6.45) is 2.73. The number of rotatable bonds is 4. The Balaban J connectivity index is 0.00000112. The summed E-state index contributed by atoms with van der Waals surface area (Å²) in [6, 6.07) is 9.78. The lowest BCUT2D eigenvalue weighted by molar-refractivity contribution is -0.00000309. The first-order valence-corrected chi connectivity index (χ1v) is 5.58. The van der Waals surface area contributed by atoms with Gasteiger partial charge < -0.3 is 17.7 Å². The van der Waals surface area contributed by atoms with Gasteiger partial charge in [0.15, 0.2) is 0 Å². The summed E-state index contributed by atoms with van der Waals surface area (Å²) in [7, 11) is 0. The highest BCUT2D eigenvalue weighted by Crippen LogP contribution is 2.20. The molecule has 0 aliphatic heterocycles. The molecule has 1 N–H and O–H groups in total. The van der Waals surface area contributed by atoms with Crippen LogP contribution in [0.3, 0.4) is 0 Å². The van der Waals surface area contributed by atoms with Crippen molar-refractivity contribution >= 4 is 0 Å². The van der Waals surface area contributed by atoms with E-state index in [1.165, 1.54) is 24.0 Å². The van der Waals surface area contributed by atoms with Crippen LogP contribution < -0.4 is 17.7 Å². The highest BCUT2D eigenvalue weighted by molar-refractivity contribution is 5.24. The van der Waals surface area contributed by atoms with Crippen LogP contribution in [0.25, 0.3) is 0 Å². The lowest BCUT2D eigenvalue weighted by Gasteiger charge is -2.07. The zero-order valence-corrected chi connectivity index (χ0v) is 10.2. The van der Waals surface area contributed by atoms with Crippen molar-refractivity contribution in [1.29, 1.82) is 0 Å². The van der Waals surface area contributed by atoms with E-state index in [4.69, 9.17) is 0 Å². The normalized spacial score (nSPS) is 15.1. The third kappa shape index (κ3) is 3.84. The van der Waals surface area contributed by atoms with E-state index in [-0.39, 0.29) is 12.4 Å². The molecule has 0 amide bonds. The van der Waals surface area contributed by atoms with Crippen molar-refractivity contribution in [3.63, 3.8) is 0 Å². The van der Waals surface area contributed by atoms with Crippen LogP contribution in [-0.4, -0.2) is 6.04 Å². The third-order valence-corrected chi connectivity index (χ3v) is 2.82. The van der Waals surface area contributed by atoms with Gasteiger partial charge in [0, 0.05) is 12.6 Å². The van der Waals surface area contributed by atoms with Crippen LogP contribution >= 0.6 is 0 Å². The molecule has 1 aliphatic carbocycles. The molecule has 2 heteroatoms. The van der Waals surface area contributed by atoms with Crippen molar-refractivity contribution in [3.8, 4) is 0 Å². The number of nitrogens with one attached hydrogen (secondary N) is 1. The zero-order valence-electron chi connectivity index (χ0n) is 9.46. The molecule has 2 rings (SSSR count). The van der Waals surface area contributed by atoms with Crippen LogP contribution in [0.5, 0.6) is 0 Å². The van der Waals surface area contributed by atoms with Gasteiger partial charge in [-0.2, -0.15) is 0 Å². The molecular weight excluding hydrogens is 206 g/mol. The highest BCUT2D eigenvalue weighted by atomic mass is 35.5. The number of benzene rings is 1. The summed E-state index contributed by atoms with van der Waals surface area (Å²) in [4.78, 5) is 0. The Morgan fingerprint density at radius 3 is 2.27 bits per heavy atom. The van der Waals surface area contributed by atoms with Crippen LogP contribution in [-0.2, 0) is 6.54 Å². The molecule has 84 valence electrons. The number of hydrogen-bond donors (Lipinski definition) is 1. The molecule has 0 bridgehead atoms. The molecular formula is C13H19ClN-. The average molecular weight is 225 g/mol. The Labute approximate surface area is 98.7 Å². The first-order chi connectivity index (χ1) is 6.75. The standard InChI is InChI=1S/C13H19N.ClH/c1-10(2)12-5-3-11(4-6-12)9-14-13-7-8-13;/h3-6,10,13-14H,7-9H2,1-2H3;1H/p-1. The molecule has 1 fully saturated rings. The second-order valence-electron chi connectivity index (χ2n) is 4.55. The van der Waals surface area contributed by atoms with Gasteiger partial charge in [0.25, 0.3) is 0 Å². The highest BCUT2D eigenvalue weighted by Gasteiger charge is 2.19. The maximum absolute atomic E-state index is 3.52. The van der Waals surface area contributed by atoms with E-state index in [1.54, 1.807) is 0 Å². The maximum Gasteiger partial charge on any atom is 0.0208 e. The van der Waals surface area contributed by atoms with E-state index in [2.05, 4.69) is 43.4 Å². The smallest absolute Gasteiger partial charge is 0.0208 e. The van der Waals surface area contributed by atoms with Gasteiger partial charge in [-0.15, -0.1) is 0 Å². The van der Waals surface area contributed by atoms with E-state index in [1.807, 2.05) is 0 Å². The van der Waals surface area contributed by atoms with Crippen LogP contribution in [0.1, 0.15) is 43.7 Å². The van der Waals surface area contributed by atoms with E-state index in [9.17, 15) is 0 Å². The Hall–Kier alpha value is -0.530. The molecule has 0 aromatic heterocycles. The van der Waals surface area contributed by atoms with E-state index >= 15 is 0 Å².